The zero-order valence-corrected chi connectivity index (χ0v) is 32.3. The van der Waals surface area contributed by atoms with Crippen molar-refractivity contribution in [3.05, 3.63) is 60.7 Å². The van der Waals surface area contributed by atoms with E-state index in [0.29, 0.717) is 54.6 Å². The van der Waals surface area contributed by atoms with Gasteiger partial charge in [0.15, 0.2) is 5.82 Å². The molecule has 7 rings (SSSR count). The zero-order valence-electron chi connectivity index (χ0n) is 31.5. The van der Waals surface area contributed by atoms with Crippen LogP contribution in [0.15, 0.2) is 65.1 Å². The molecule has 0 radical (unpaired) electrons. The number of carbonyl (C=O) groups excluding carboxylic acids is 3. The van der Waals surface area contributed by atoms with E-state index in [2.05, 4.69) is 41.7 Å². The van der Waals surface area contributed by atoms with Crippen molar-refractivity contribution in [1.82, 2.24) is 19.6 Å². The number of unbranched alkanes of at least 4 members (excludes halogenated alkanes) is 4. The second-order valence-electron chi connectivity index (χ2n) is 14.9. The number of benzene rings is 2. The van der Waals surface area contributed by atoms with Crippen LogP contribution < -0.4 is 20.1 Å². The van der Waals surface area contributed by atoms with Gasteiger partial charge in [0.1, 0.15) is 23.2 Å². The lowest BCUT2D eigenvalue weighted by Gasteiger charge is -2.22. The number of sulfonamides is 1. The van der Waals surface area contributed by atoms with Crippen LogP contribution in [0, 0.1) is 11.8 Å². The van der Waals surface area contributed by atoms with Gasteiger partial charge in [-0.2, -0.15) is 4.98 Å². The highest BCUT2D eigenvalue weighted by Crippen LogP contribution is 2.41. The maximum atomic E-state index is 13.4. The monoisotopic (exact) mass is 770 g/mol. The largest absolute Gasteiger partial charge is 0.470 e. The summed E-state index contributed by atoms with van der Waals surface area (Å²) in [5.74, 6) is -0.536. The molecule has 2 aromatic heterocycles. The van der Waals surface area contributed by atoms with E-state index in [-0.39, 0.29) is 42.5 Å². The highest BCUT2D eigenvalue weighted by atomic mass is 32.2. The van der Waals surface area contributed by atoms with Crippen molar-refractivity contribution >= 4 is 55.5 Å². The number of amides is 3. The van der Waals surface area contributed by atoms with Crippen LogP contribution in [0.25, 0.3) is 33.5 Å². The lowest BCUT2D eigenvalue weighted by molar-refractivity contribution is -0.137. The molecule has 14 heteroatoms. The van der Waals surface area contributed by atoms with E-state index in [1.165, 1.54) is 4.90 Å². The van der Waals surface area contributed by atoms with Crippen molar-refractivity contribution in [1.29, 1.82) is 0 Å². The molecule has 4 atom stereocenters. The third-order valence-corrected chi connectivity index (χ3v) is 12.7. The molecule has 1 saturated heterocycles. The molecular formula is C41H50N6O7S. The van der Waals surface area contributed by atoms with Crippen LogP contribution in [0.3, 0.4) is 0 Å². The quantitative estimate of drug-likeness (QED) is 0.0920. The van der Waals surface area contributed by atoms with Crippen molar-refractivity contribution in [2.24, 2.45) is 17.6 Å². The molecule has 3 amide bonds. The van der Waals surface area contributed by atoms with Gasteiger partial charge in [-0.15, -0.1) is 0 Å². The number of anilines is 1. The van der Waals surface area contributed by atoms with Gasteiger partial charge in [0, 0.05) is 48.5 Å². The average Bonchev–Trinajstić information content (AvgIpc) is 4.10. The molecule has 3 aliphatic rings. The Kier molecular flexibility index (Phi) is 11.4. The molecule has 2 saturated carbocycles. The van der Waals surface area contributed by atoms with Gasteiger partial charge in [0.25, 0.3) is 5.88 Å². The number of nitrogens with two attached hydrogens (primary N) is 1. The molecule has 0 spiro atoms. The van der Waals surface area contributed by atoms with Crippen molar-refractivity contribution in [3.63, 3.8) is 0 Å². The van der Waals surface area contributed by atoms with E-state index in [9.17, 15) is 22.8 Å². The van der Waals surface area contributed by atoms with E-state index in [4.69, 9.17) is 24.9 Å². The van der Waals surface area contributed by atoms with Gasteiger partial charge in [0.2, 0.25) is 33.3 Å². The highest BCUT2D eigenvalue weighted by Gasteiger charge is 2.45. The predicted molar refractivity (Wildman–Crippen MR) is 211 cm³/mol. The fourth-order valence-electron chi connectivity index (χ4n) is 7.48. The van der Waals surface area contributed by atoms with Gasteiger partial charge in [-0.1, -0.05) is 37.1 Å². The second kappa shape index (κ2) is 16.4. The van der Waals surface area contributed by atoms with Crippen LogP contribution in [-0.4, -0.2) is 78.0 Å². The summed E-state index contributed by atoms with van der Waals surface area (Å²) in [5.41, 5.74) is 9.41. The number of fused-ring (bicyclic) bond motifs is 3. The maximum Gasteiger partial charge on any atom is 0.262 e. The van der Waals surface area contributed by atoms with Crippen LogP contribution in [0.4, 0.5) is 5.69 Å². The Hall–Kier alpha value is -4.98. The Bertz CT molecular complexity index is 2180. The van der Waals surface area contributed by atoms with Crippen molar-refractivity contribution < 1.29 is 32.0 Å². The van der Waals surface area contributed by atoms with Crippen molar-refractivity contribution in [3.8, 4) is 17.3 Å². The van der Waals surface area contributed by atoms with Crippen molar-refractivity contribution in [2.75, 3.05) is 24.5 Å². The van der Waals surface area contributed by atoms with E-state index in [1.807, 2.05) is 42.5 Å². The minimum Gasteiger partial charge on any atom is -0.470 e. The molecule has 0 unspecified atom stereocenters. The summed E-state index contributed by atoms with van der Waals surface area (Å²) in [7, 11) is -3.50. The number of para-hydroxylation sites is 1. The molecule has 3 heterocycles. The average molecular weight is 771 g/mol. The van der Waals surface area contributed by atoms with Gasteiger partial charge in [-0.3, -0.25) is 19.1 Å². The van der Waals surface area contributed by atoms with Gasteiger partial charge in [-0.05, 0) is 94.7 Å². The highest BCUT2D eigenvalue weighted by molar-refractivity contribution is 7.90. The van der Waals surface area contributed by atoms with Crippen LogP contribution in [0.2, 0.25) is 0 Å². The fraction of sp³-hybridized carbons (Fsp3) is 0.488. The number of nitrogens with zero attached hydrogens (tertiary/aromatic N) is 4. The summed E-state index contributed by atoms with van der Waals surface area (Å²) >= 11 is 0. The number of ether oxygens (including phenoxy) is 1. The summed E-state index contributed by atoms with van der Waals surface area (Å²) in [6.07, 6.45) is 10.2. The summed E-state index contributed by atoms with van der Waals surface area (Å²) < 4.78 is 38.9. The summed E-state index contributed by atoms with van der Waals surface area (Å²) in [6, 6.07) is 14.9. The molecule has 2 aromatic carbocycles. The molecule has 3 fully saturated rings. The SMILES string of the molecule is CCN(CC)c1ccc(-c2nc(O[C@@H]3C[C@@H](C(N)=O)N(C(=O)CCCCCC/C=C\[C@@H]4C[C@@H]4C(=O)NS(=O)(=O)C4CC4)C3)c3oc4ccccc4c3n2)cc1. The zero-order chi connectivity index (χ0) is 38.7. The lowest BCUT2D eigenvalue weighted by atomic mass is 10.1. The number of likely N-dealkylation sites (tertiary alicyclic amines) is 1. The predicted octanol–water partition coefficient (Wildman–Crippen LogP) is 5.86. The van der Waals surface area contributed by atoms with Crippen LogP contribution in [0.5, 0.6) is 5.88 Å². The Morgan fingerprint density at radius 3 is 2.47 bits per heavy atom. The molecule has 3 N–H and O–H groups in total. The first-order valence-corrected chi connectivity index (χ1v) is 21.1. The third kappa shape index (κ3) is 8.79. The maximum absolute atomic E-state index is 13.4. The molecule has 2 aliphatic carbocycles. The summed E-state index contributed by atoms with van der Waals surface area (Å²) in [5, 5.41) is 0.428. The first kappa shape index (κ1) is 38.3. The topological polar surface area (TPSA) is 178 Å². The first-order valence-electron chi connectivity index (χ1n) is 19.6. The van der Waals surface area contributed by atoms with E-state index in [0.717, 1.165) is 55.4 Å². The molecule has 1 aliphatic heterocycles. The molecule has 55 heavy (non-hydrogen) atoms. The smallest absolute Gasteiger partial charge is 0.262 e. The number of primary amides is 1. The number of hydrogen-bond donors (Lipinski definition) is 2. The Morgan fingerprint density at radius 1 is 1.00 bits per heavy atom. The summed E-state index contributed by atoms with van der Waals surface area (Å²) in [6.45, 7) is 6.24. The first-order chi connectivity index (χ1) is 26.6. The Labute approximate surface area is 321 Å². The molecule has 292 valence electrons. The fourth-order valence-corrected chi connectivity index (χ4v) is 8.84. The van der Waals surface area contributed by atoms with E-state index < -0.39 is 33.3 Å². The number of rotatable bonds is 18. The molecular weight excluding hydrogens is 721 g/mol. The molecule has 4 aromatic rings. The van der Waals surface area contributed by atoms with Gasteiger partial charge >= 0.3 is 0 Å². The van der Waals surface area contributed by atoms with Crippen LogP contribution in [0.1, 0.15) is 78.1 Å². The van der Waals surface area contributed by atoms with Gasteiger partial charge < -0.3 is 24.7 Å². The second-order valence-corrected chi connectivity index (χ2v) is 16.8. The molecule has 0 bridgehead atoms. The number of carbonyl (C=O) groups is 3. The minimum absolute atomic E-state index is 0.0923. The van der Waals surface area contributed by atoms with E-state index in [1.54, 1.807) is 0 Å². The van der Waals surface area contributed by atoms with Crippen LogP contribution >= 0.6 is 0 Å². The Morgan fingerprint density at radius 2 is 1.75 bits per heavy atom. The van der Waals surface area contributed by atoms with E-state index >= 15 is 0 Å². The van der Waals surface area contributed by atoms with Crippen LogP contribution in [-0.2, 0) is 24.4 Å². The lowest BCUT2D eigenvalue weighted by Crippen LogP contribution is -2.43. The normalized spacial score (nSPS) is 21.0. The third-order valence-electron chi connectivity index (χ3n) is 10.9. The van der Waals surface area contributed by atoms with Gasteiger partial charge in [0.05, 0.1) is 11.8 Å². The number of furan rings is 1. The van der Waals surface area contributed by atoms with Gasteiger partial charge in [-0.25, -0.2) is 13.4 Å². The number of nitrogens with one attached hydrogen (secondary N) is 1. The molecule has 13 nitrogen and oxygen atoms in total. The number of hydrogen-bond acceptors (Lipinski definition) is 10. The minimum atomic E-state index is -3.50. The van der Waals surface area contributed by atoms with Crippen molar-refractivity contribution in [2.45, 2.75) is 95.5 Å². The number of aromatic nitrogens is 2. The number of allylic oxidation sites excluding steroid dienone is 2. The standard InChI is InChI=1S/C41H50N6O7S/c1-3-46(4-2)28-19-17-26(18-20-28)39-43-36-31-14-11-12-15-34(31)54-37(36)41(44-39)53-29-24-33(38(42)49)47(25-29)35(48)16-10-8-6-5-7-9-13-27-23-32(27)40(50)45-55(51,52)30-21-22-30/h9,11-15,17-20,27,29-30,32-33H,3-8,10,16,21-25H2,1-2H3,(H2,42,49)(H,45,50)/b13-9-/t27-,29-,32+,33+/m1/s1. The summed E-state index contributed by atoms with van der Waals surface area (Å²) in [4.78, 5) is 51.7. The Balaban J connectivity index is 0.928.